The fourth-order valence-corrected chi connectivity index (χ4v) is 5.69. The second-order valence-corrected chi connectivity index (χ2v) is 10.4. The van der Waals surface area contributed by atoms with Gasteiger partial charge in [0.05, 0.1) is 11.3 Å². The molecule has 3 aromatic heterocycles. The van der Waals surface area contributed by atoms with E-state index >= 15 is 4.39 Å². The van der Waals surface area contributed by atoms with Gasteiger partial charge in [-0.2, -0.15) is 9.37 Å². The number of aromatic hydroxyl groups is 1. The molecule has 0 atom stereocenters. The number of thiazole rings is 1. The first-order valence-corrected chi connectivity index (χ1v) is 13.9. The summed E-state index contributed by atoms with van der Waals surface area (Å²) in [6.07, 6.45) is 1.36. The third-order valence-corrected chi connectivity index (χ3v) is 7.87. The molecular weight excluding hydrogens is 530 g/mol. The monoisotopic (exact) mass is 558 g/mol. The molecule has 1 N–H and O–H groups in total. The van der Waals surface area contributed by atoms with E-state index in [9.17, 15) is 14.3 Å². The zero-order valence-corrected chi connectivity index (χ0v) is 23.4. The number of pyridine rings is 1. The number of aryl methyl sites for hydroxylation is 4. The molecule has 3 heterocycles. The Morgan fingerprint density at radius 2 is 1.62 bits per heavy atom. The van der Waals surface area contributed by atoms with Crippen LogP contribution in [0.1, 0.15) is 47.5 Å². The van der Waals surface area contributed by atoms with Gasteiger partial charge in [-0.25, -0.2) is 14.4 Å². The summed E-state index contributed by atoms with van der Waals surface area (Å²) in [5.41, 5.74) is 4.56. The Morgan fingerprint density at radius 1 is 0.925 bits per heavy atom. The zero-order chi connectivity index (χ0) is 28.6. The van der Waals surface area contributed by atoms with E-state index in [2.05, 4.69) is 15.0 Å². The van der Waals surface area contributed by atoms with Crippen LogP contribution in [0.5, 0.6) is 5.88 Å². The van der Waals surface area contributed by atoms with Crippen molar-refractivity contribution in [3.05, 3.63) is 110 Å². The second-order valence-electron chi connectivity index (χ2n) is 9.56. The van der Waals surface area contributed by atoms with Crippen LogP contribution >= 0.6 is 11.3 Å². The second kappa shape index (κ2) is 11.1. The summed E-state index contributed by atoms with van der Waals surface area (Å²) in [6, 6.07) is 13.2. The number of aromatic nitrogens is 4. The Labute approximate surface area is 234 Å². The molecule has 0 saturated heterocycles. The maximum absolute atomic E-state index is 15.3. The molecular formula is C31H28F2N4O2S. The van der Waals surface area contributed by atoms with E-state index in [1.165, 1.54) is 29.5 Å². The predicted molar refractivity (Wildman–Crippen MR) is 153 cm³/mol. The van der Waals surface area contributed by atoms with E-state index < -0.39 is 17.3 Å². The summed E-state index contributed by atoms with van der Waals surface area (Å²) >= 11 is 1.35. The van der Waals surface area contributed by atoms with Gasteiger partial charge in [-0.15, -0.1) is 11.3 Å². The first kappa shape index (κ1) is 27.3. The van der Waals surface area contributed by atoms with E-state index in [0.717, 1.165) is 22.5 Å². The molecule has 6 nitrogen and oxygen atoms in total. The number of para-hydroxylation sites is 1. The molecule has 0 saturated carbocycles. The van der Waals surface area contributed by atoms with Crippen molar-refractivity contribution in [2.45, 2.75) is 47.0 Å². The maximum Gasteiger partial charge on any atom is 0.280 e. The molecule has 5 aromatic rings. The summed E-state index contributed by atoms with van der Waals surface area (Å²) in [7, 11) is 0. The third-order valence-electron chi connectivity index (χ3n) is 6.91. The average molecular weight is 559 g/mol. The number of rotatable bonds is 7. The minimum atomic E-state index is -0.634. The summed E-state index contributed by atoms with van der Waals surface area (Å²) in [5.74, 6) is -1.16. The van der Waals surface area contributed by atoms with Crippen molar-refractivity contribution in [2.75, 3.05) is 0 Å². The van der Waals surface area contributed by atoms with Crippen LogP contribution in [0.25, 0.3) is 27.6 Å². The highest BCUT2D eigenvalue weighted by Crippen LogP contribution is 2.34. The molecule has 0 spiro atoms. The Hall–Kier alpha value is -4.24. The summed E-state index contributed by atoms with van der Waals surface area (Å²) in [6.45, 7) is 7.53. The molecule has 0 fully saturated rings. The lowest BCUT2D eigenvalue weighted by Gasteiger charge is -2.21. The van der Waals surface area contributed by atoms with Crippen molar-refractivity contribution in [1.82, 2.24) is 19.5 Å². The fourth-order valence-electron chi connectivity index (χ4n) is 4.92. The van der Waals surface area contributed by atoms with Gasteiger partial charge in [-0.3, -0.25) is 9.36 Å². The first-order valence-electron chi connectivity index (χ1n) is 13.0. The van der Waals surface area contributed by atoms with Crippen molar-refractivity contribution >= 4 is 11.3 Å². The molecule has 40 heavy (non-hydrogen) atoms. The Morgan fingerprint density at radius 3 is 2.23 bits per heavy atom. The lowest BCUT2D eigenvalue weighted by molar-refractivity contribution is 0.429. The number of hydrogen-bond acceptors (Lipinski definition) is 6. The molecule has 204 valence electrons. The Bertz CT molecular complexity index is 1770. The van der Waals surface area contributed by atoms with Crippen LogP contribution in [-0.4, -0.2) is 24.6 Å². The van der Waals surface area contributed by atoms with Gasteiger partial charge in [0.25, 0.3) is 5.56 Å². The van der Waals surface area contributed by atoms with Gasteiger partial charge in [0.2, 0.25) is 11.8 Å². The number of halogens is 2. The van der Waals surface area contributed by atoms with Crippen LogP contribution in [0.2, 0.25) is 0 Å². The molecule has 9 heteroatoms. The van der Waals surface area contributed by atoms with E-state index in [-0.39, 0.29) is 29.3 Å². The minimum Gasteiger partial charge on any atom is -0.494 e. The highest BCUT2D eigenvalue weighted by atomic mass is 32.1. The quantitative estimate of drug-likeness (QED) is 0.224. The number of hydrogen-bond donors (Lipinski definition) is 1. The molecule has 2 aromatic carbocycles. The zero-order valence-electron chi connectivity index (χ0n) is 22.6. The van der Waals surface area contributed by atoms with Gasteiger partial charge >= 0.3 is 0 Å². The average Bonchev–Trinajstić information content (AvgIpc) is 3.37. The summed E-state index contributed by atoms with van der Waals surface area (Å²) in [4.78, 5) is 26.1. The highest BCUT2D eigenvalue weighted by molar-refractivity contribution is 7.13. The van der Waals surface area contributed by atoms with E-state index in [4.69, 9.17) is 0 Å². The van der Waals surface area contributed by atoms with Gasteiger partial charge in [-0.05, 0) is 61.6 Å². The Kier molecular flexibility index (Phi) is 7.58. The molecule has 0 radical (unpaired) electrons. The van der Waals surface area contributed by atoms with Crippen LogP contribution in [0.15, 0.2) is 58.7 Å². The smallest absolute Gasteiger partial charge is 0.280 e. The van der Waals surface area contributed by atoms with E-state index in [1.54, 1.807) is 23.6 Å². The van der Waals surface area contributed by atoms with Crippen molar-refractivity contribution in [3.8, 4) is 33.5 Å². The van der Waals surface area contributed by atoms with Gasteiger partial charge in [-0.1, -0.05) is 44.2 Å². The fraction of sp³-hybridized carbons (Fsp3) is 0.226. The van der Waals surface area contributed by atoms with Gasteiger partial charge in [0.15, 0.2) is 10.8 Å². The van der Waals surface area contributed by atoms with Gasteiger partial charge < -0.3 is 5.11 Å². The summed E-state index contributed by atoms with van der Waals surface area (Å²) in [5, 5.41) is 14.1. The standard InChI is InChI=1S/C31H28F2N4O2S/c1-5-20-8-7-9-21(6-2)27(20)37-28(30-34-17(3)16-40-30)36-29(38)24(31(37)39)14-19-10-11-23(25(32)15-19)22-12-13-26(33)35-18(22)4/h7-13,15-16,39H,5-6,14H2,1-4H3. The SMILES string of the molecule is CCc1cccc(CC)c1-n1c(-c2nc(C)cs2)nc(=O)c(Cc2ccc(-c3ccc(F)nc3C)c(F)c2)c1O. The van der Waals surface area contributed by atoms with Crippen molar-refractivity contribution in [2.24, 2.45) is 0 Å². The lowest BCUT2D eigenvalue weighted by atomic mass is 9.99. The molecule has 5 rings (SSSR count). The topological polar surface area (TPSA) is 80.9 Å². The van der Waals surface area contributed by atoms with Crippen molar-refractivity contribution in [3.63, 3.8) is 0 Å². The van der Waals surface area contributed by atoms with E-state index in [1.807, 2.05) is 44.4 Å². The molecule has 0 aliphatic heterocycles. The highest BCUT2D eigenvalue weighted by Gasteiger charge is 2.24. The van der Waals surface area contributed by atoms with E-state index in [0.29, 0.717) is 34.7 Å². The van der Waals surface area contributed by atoms with Gasteiger partial charge in [0.1, 0.15) is 5.82 Å². The molecule has 0 unspecified atom stereocenters. The van der Waals surface area contributed by atoms with Crippen LogP contribution in [0.4, 0.5) is 8.78 Å². The third kappa shape index (κ3) is 5.04. The Balaban J connectivity index is 1.67. The minimum absolute atomic E-state index is 0.0392. The molecule has 0 amide bonds. The van der Waals surface area contributed by atoms with Crippen LogP contribution in [-0.2, 0) is 19.3 Å². The maximum atomic E-state index is 15.3. The van der Waals surface area contributed by atoms with Gasteiger partial charge in [0, 0.05) is 34.3 Å². The molecule has 0 aliphatic carbocycles. The molecule has 0 bridgehead atoms. The van der Waals surface area contributed by atoms with Crippen LogP contribution in [0.3, 0.4) is 0 Å². The van der Waals surface area contributed by atoms with Crippen molar-refractivity contribution < 1.29 is 13.9 Å². The van der Waals surface area contributed by atoms with Crippen LogP contribution in [0, 0.1) is 25.6 Å². The number of nitrogens with zero attached hydrogens (tertiary/aromatic N) is 4. The predicted octanol–water partition coefficient (Wildman–Crippen LogP) is 6.73. The normalized spacial score (nSPS) is 11.2. The first-order chi connectivity index (χ1) is 19.2. The largest absolute Gasteiger partial charge is 0.494 e. The van der Waals surface area contributed by atoms with Crippen molar-refractivity contribution in [1.29, 1.82) is 0 Å². The van der Waals surface area contributed by atoms with Crippen LogP contribution < -0.4 is 5.56 Å². The lowest BCUT2D eigenvalue weighted by Crippen LogP contribution is -2.21. The number of benzene rings is 2. The summed E-state index contributed by atoms with van der Waals surface area (Å²) < 4.78 is 30.3. The molecule has 0 aliphatic rings.